The lowest BCUT2D eigenvalue weighted by molar-refractivity contribution is -0.161. The number of unbranched alkanes of at least 4 members (excludes halogenated alkanes) is 29. The van der Waals surface area contributed by atoms with E-state index in [9.17, 15) is 28.9 Å². The van der Waals surface area contributed by atoms with E-state index >= 15 is 0 Å². The largest absolute Gasteiger partial charge is 0.472 e. The van der Waals surface area contributed by atoms with Gasteiger partial charge in [0.1, 0.15) is 12.7 Å². The van der Waals surface area contributed by atoms with Crippen LogP contribution in [0.15, 0.2) is 12.2 Å². The predicted molar refractivity (Wildman–Crippen MR) is 252 cm³/mol. The van der Waals surface area contributed by atoms with Crippen LogP contribution in [0, 0.1) is 0 Å². The molecular formula is C50H95O11P. The Morgan fingerprint density at radius 3 is 1.11 bits per heavy atom. The Bertz CT molecular complexity index is 1100. The van der Waals surface area contributed by atoms with Gasteiger partial charge in [-0.1, -0.05) is 200 Å². The molecule has 11 nitrogen and oxygen atoms in total. The van der Waals surface area contributed by atoms with Gasteiger partial charge in [0.2, 0.25) is 0 Å². The Balaban J connectivity index is 4.71. The van der Waals surface area contributed by atoms with Gasteiger partial charge in [-0.25, -0.2) is 4.57 Å². The Morgan fingerprint density at radius 2 is 0.742 bits per heavy atom. The molecule has 366 valence electrons. The molecule has 0 aromatic heterocycles. The summed E-state index contributed by atoms with van der Waals surface area (Å²) in [6, 6.07) is 0. The van der Waals surface area contributed by atoms with Crippen molar-refractivity contribution in [1.29, 1.82) is 0 Å². The summed E-state index contributed by atoms with van der Waals surface area (Å²) in [4.78, 5) is 48.1. The molecule has 3 atom stereocenters. The van der Waals surface area contributed by atoms with Gasteiger partial charge in [0.05, 0.1) is 19.8 Å². The molecule has 0 aromatic rings. The van der Waals surface area contributed by atoms with Crippen LogP contribution in [0.4, 0.5) is 0 Å². The molecule has 0 rings (SSSR count). The van der Waals surface area contributed by atoms with Crippen molar-refractivity contribution in [3.05, 3.63) is 12.2 Å². The summed E-state index contributed by atoms with van der Waals surface area (Å²) in [7, 11) is -4.72. The minimum Gasteiger partial charge on any atom is -0.462 e. The molecule has 0 aliphatic heterocycles. The highest BCUT2D eigenvalue weighted by Gasteiger charge is 2.28. The van der Waals surface area contributed by atoms with Crippen molar-refractivity contribution in [2.24, 2.45) is 0 Å². The number of esters is 3. The number of carbonyl (C=O) groups excluding carboxylic acids is 3. The minimum absolute atomic E-state index is 0.173. The van der Waals surface area contributed by atoms with Crippen LogP contribution >= 0.6 is 7.82 Å². The number of allylic oxidation sites excluding steroid dienone is 2. The number of phosphoric ester groups is 1. The third kappa shape index (κ3) is 43.5. The zero-order valence-corrected chi connectivity index (χ0v) is 41.0. The average molecular weight is 903 g/mol. The van der Waals surface area contributed by atoms with Crippen molar-refractivity contribution in [2.45, 2.75) is 264 Å². The summed E-state index contributed by atoms with van der Waals surface area (Å²) in [5, 5.41) is 9.73. The number of rotatable bonds is 48. The van der Waals surface area contributed by atoms with Gasteiger partial charge in [0.25, 0.3) is 0 Å². The van der Waals surface area contributed by atoms with Crippen LogP contribution in [0.2, 0.25) is 0 Å². The monoisotopic (exact) mass is 903 g/mol. The van der Waals surface area contributed by atoms with E-state index in [-0.39, 0.29) is 25.9 Å². The van der Waals surface area contributed by atoms with Crippen molar-refractivity contribution in [2.75, 3.05) is 26.4 Å². The maximum atomic E-state index is 12.8. The molecule has 62 heavy (non-hydrogen) atoms. The molecule has 0 saturated heterocycles. The predicted octanol–water partition coefficient (Wildman–Crippen LogP) is 14.1. The Labute approximate surface area is 379 Å². The normalized spacial score (nSPS) is 13.6. The first-order valence-electron chi connectivity index (χ1n) is 25.6. The van der Waals surface area contributed by atoms with E-state index in [0.717, 1.165) is 77.0 Å². The molecule has 2 N–H and O–H groups in total. The zero-order valence-electron chi connectivity index (χ0n) is 40.1. The van der Waals surface area contributed by atoms with Crippen molar-refractivity contribution in [3.8, 4) is 0 Å². The van der Waals surface area contributed by atoms with Gasteiger partial charge < -0.3 is 24.2 Å². The summed E-state index contributed by atoms with van der Waals surface area (Å²) in [5.41, 5.74) is 0. The second-order valence-electron chi connectivity index (χ2n) is 17.3. The third-order valence-corrected chi connectivity index (χ3v) is 12.1. The van der Waals surface area contributed by atoms with E-state index in [1.807, 2.05) is 0 Å². The number of hydrogen-bond donors (Lipinski definition) is 2. The van der Waals surface area contributed by atoms with Crippen molar-refractivity contribution in [3.63, 3.8) is 0 Å². The molecule has 0 saturated carbocycles. The zero-order chi connectivity index (χ0) is 45.6. The lowest BCUT2D eigenvalue weighted by Gasteiger charge is -2.21. The van der Waals surface area contributed by atoms with Crippen LogP contribution in [-0.4, -0.2) is 66.5 Å². The van der Waals surface area contributed by atoms with Gasteiger partial charge in [-0.05, 0) is 44.9 Å². The maximum absolute atomic E-state index is 12.8. The molecular weight excluding hydrogens is 808 g/mol. The molecule has 0 spiro atoms. The quantitative estimate of drug-likeness (QED) is 0.0197. The van der Waals surface area contributed by atoms with Crippen molar-refractivity contribution >= 4 is 25.7 Å². The fourth-order valence-corrected chi connectivity index (χ4v) is 8.02. The smallest absolute Gasteiger partial charge is 0.462 e. The SMILES string of the molecule is CCCCCCCC/C=C\CCCCCCCC(=O)OCC(COP(=O)(O)OCC(CO)OC(=O)CCCCCCCCCCC)OC(=O)CCCCCCCCCCCCC. The fraction of sp³-hybridized carbons (Fsp3) is 0.900. The highest BCUT2D eigenvalue weighted by atomic mass is 31.2. The first-order chi connectivity index (χ1) is 30.2. The van der Waals surface area contributed by atoms with Gasteiger partial charge in [-0.3, -0.25) is 23.4 Å². The molecule has 12 heteroatoms. The Kier molecular flexibility index (Phi) is 44.5. The molecule has 0 aromatic carbocycles. The maximum Gasteiger partial charge on any atom is 0.472 e. The number of phosphoric acid groups is 1. The van der Waals surface area contributed by atoms with Crippen LogP contribution in [0.5, 0.6) is 0 Å². The van der Waals surface area contributed by atoms with E-state index in [2.05, 4.69) is 32.9 Å². The van der Waals surface area contributed by atoms with Crippen LogP contribution in [0.1, 0.15) is 252 Å². The van der Waals surface area contributed by atoms with E-state index in [0.29, 0.717) is 19.3 Å². The van der Waals surface area contributed by atoms with E-state index < -0.39 is 57.8 Å². The summed E-state index contributed by atoms with van der Waals surface area (Å²) in [6.07, 6.45) is 40.5. The average Bonchev–Trinajstić information content (AvgIpc) is 3.25. The third-order valence-electron chi connectivity index (χ3n) is 11.2. The molecule has 0 heterocycles. The topological polar surface area (TPSA) is 155 Å². The van der Waals surface area contributed by atoms with Crippen LogP contribution in [0.25, 0.3) is 0 Å². The van der Waals surface area contributed by atoms with Crippen LogP contribution in [0.3, 0.4) is 0 Å². The first-order valence-corrected chi connectivity index (χ1v) is 27.1. The number of ether oxygens (including phenoxy) is 3. The summed E-state index contributed by atoms with van der Waals surface area (Å²) < 4.78 is 39.2. The lowest BCUT2D eigenvalue weighted by Crippen LogP contribution is -2.30. The second-order valence-corrected chi connectivity index (χ2v) is 18.8. The van der Waals surface area contributed by atoms with E-state index in [1.54, 1.807) is 0 Å². The van der Waals surface area contributed by atoms with Crippen LogP contribution in [-0.2, 0) is 42.2 Å². The molecule has 0 aliphatic rings. The molecule has 0 amide bonds. The van der Waals surface area contributed by atoms with Gasteiger partial charge in [0, 0.05) is 19.3 Å². The van der Waals surface area contributed by atoms with Gasteiger partial charge in [-0.2, -0.15) is 0 Å². The van der Waals surface area contributed by atoms with E-state index in [4.69, 9.17) is 23.3 Å². The molecule has 0 bridgehead atoms. The summed E-state index contributed by atoms with van der Waals surface area (Å²) >= 11 is 0. The number of aliphatic hydroxyl groups excluding tert-OH is 1. The first kappa shape index (κ1) is 60.2. The summed E-state index contributed by atoms with van der Waals surface area (Å²) in [5.74, 6) is -1.46. The van der Waals surface area contributed by atoms with Gasteiger partial charge in [-0.15, -0.1) is 0 Å². The highest BCUT2D eigenvalue weighted by Crippen LogP contribution is 2.43. The number of hydrogen-bond acceptors (Lipinski definition) is 10. The molecule has 0 aliphatic carbocycles. The van der Waals surface area contributed by atoms with Crippen molar-refractivity contribution < 1.29 is 52.2 Å². The minimum atomic E-state index is -4.72. The van der Waals surface area contributed by atoms with Crippen molar-refractivity contribution in [1.82, 2.24) is 0 Å². The van der Waals surface area contributed by atoms with Crippen LogP contribution < -0.4 is 0 Å². The number of carbonyl (C=O) groups is 3. The Hall–Kier alpha value is -1.78. The summed E-state index contributed by atoms with van der Waals surface area (Å²) in [6.45, 7) is 4.61. The van der Waals surface area contributed by atoms with Gasteiger partial charge >= 0.3 is 25.7 Å². The molecule has 3 unspecified atom stereocenters. The highest BCUT2D eigenvalue weighted by molar-refractivity contribution is 7.47. The molecule has 0 fully saturated rings. The standard InChI is InChI=1S/C50H95O11P/c1-4-7-10-13-16-19-21-22-23-24-26-28-30-33-36-39-48(52)57-43-47(61-50(54)41-38-35-32-29-25-20-17-14-11-8-5-2)45-59-62(55,56)58-44-46(42-51)60-49(53)40-37-34-31-27-18-15-12-9-6-3/h22-23,46-47,51H,4-21,24-45H2,1-3H3,(H,55,56)/b23-22-. The Morgan fingerprint density at radius 1 is 0.435 bits per heavy atom. The van der Waals surface area contributed by atoms with Gasteiger partial charge in [0.15, 0.2) is 6.10 Å². The fourth-order valence-electron chi connectivity index (χ4n) is 7.23. The van der Waals surface area contributed by atoms with E-state index in [1.165, 1.54) is 116 Å². The second kappa shape index (κ2) is 45.8. The molecule has 0 radical (unpaired) electrons. The lowest BCUT2D eigenvalue weighted by atomic mass is 10.1. The number of aliphatic hydroxyl groups is 1.